The summed E-state index contributed by atoms with van der Waals surface area (Å²) in [6, 6.07) is 25.1. The number of H-pyrrole nitrogens is 2. The van der Waals surface area contributed by atoms with Gasteiger partial charge in [0.25, 0.3) is 0 Å². The average molecular weight is 499 g/mol. The van der Waals surface area contributed by atoms with E-state index in [4.69, 9.17) is 16.3 Å². The Labute approximate surface area is 212 Å². The molecule has 36 heavy (non-hydrogen) atoms. The van der Waals surface area contributed by atoms with Gasteiger partial charge in [-0.25, -0.2) is 9.89 Å². The van der Waals surface area contributed by atoms with Crippen LogP contribution in [0.15, 0.2) is 83.7 Å². The Balaban J connectivity index is 1.23. The maximum absolute atomic E-state index is 12.6. The van der Waals surface area contributed by atoms with Gasteiger partial charge in [0.1, 0.15) is 0 Å². The lowest BCUT2D eigenvalue weighted by Gasteiger charge is -2.07. The Kier molecular flexibility index (Phi) is 6.91. The molecule has 0 radical (unpaired) electrons. The van der Waals surface area contributed by atoms with E-state index in [1.54, 1.807) is 6.07 Å². The first-order chi connectivity index (χ1) is 17.5. The normalized spacial score (nSPS) is 11.0. The summed E-state index contributed by atoms with van der Waals surface area (Å²) in [6.45, 7) is 0. The quantitative estimate of drug-likeness (QED) is 0.290. The molecule has 0 spiro atoms. The zero-order chi connectivity index (χ0) is 24.9. The Bertz CT molecular complexity index is 1570. The number of carbonyl (C=O) groups excluding carboxylic acids is 1. The van der Waals surface area contributed by atoms with E-state index >= 15 is 0 Å². The fourth-order valence-electron chi connectivity index (χ4n) is 4.08. The molecule has 0 aliphatic carbocycles. The van der Waals surface area contributed by atoms with Crippen LogP contribution in [0.4, 0.5) is 0 Å². The van der Waals surface area contributed by atoms with Crippen LogP contribution in [-0.2, 0) is 25.7 Å². The van der Waals surface area contributed by atoms with E-state index in [2.05, 4.69) is 44.7 Å². The van der Waals surface area contributed by atoms with E-state index in [0.29, 0.717) is 23.6 Å². The van der Waals surface area contributed by atoms with E-state index in [1.807, 2.05) is 42.5 Å². The second-order valence-electron chi connectivity index (χ2n) is 8.49. The third-order valence-corrected chi connectivity index (χ3v) is 6.24. The number of hydrogen-bond donors (Lipinski definition) is 2. The van der Waals surface area contributed by atoms with Crippen molar-refractivity contribution in [3.8, 4) is 5.75 Å². The predicted molar refractivity (Wildman–Crippen MR) is 139 cm³/mol. The van der Waals surface area contributed by atoms with Crippen LogP contribution in [-0.4, -0.2) is 26.4 Å². The third-order valence-electron chi connectivity index (χ3n) is 5.99. The number of ether oxygens (including phenoxy) is 1. The molecule has 2 heterocycles. The lowest BCUT2D eigenvalue weighted by molar-refractivity contribution is 0.0725. The van der Waals surface area contributed by atoms with Gasteiger partial charge in [0.15, 0.2) is 11.4 Å². The number of benzene rings is 3. The summed E-state index contributed by atoms with van der Waals surface area (Å²) in [7, 11) is 0. The standard InChI is InChI=1S/C28H23ClN4O3/c29-21-12-8-18(9-13-21)10-14-22-16-25(32-30-22)28(35)36-26-17-23(31-33-27(26)34)15-11-20-6-3-5-19-4-1-2-7-24(19)20/h1-9,12-13,16-17H,10-11,14-15H2,(H,30,32)(H,33,34). The van der Waals surface area contributed by atoms with Gasteiger partial charge in [-0.05, 0) is 65.8 Å². The van der Waals surface area contributed by atoms with Gasteiger partial charge in [-0.1, -0.05) is 66.2 Å². The summed E-state index contributed by atoms with van der Waals surface area (Å²) in [5, 5.41) is 16.5. The summed E-state index contributed by atoms with van der Waals surface area (Å²) >= 11 is 5.92. The SMILES string of the molecule is O=C(Oc1cc(CCc2cccc3ccccc23)n[nH]c1=O)c1cc(CCc2ccc(Cl)cc2)[nH]n1. The molecule has 0 aliphatic heterocycles. The number of nitrogens with one attached hydrogen (secondary N) is 2. The summed E-state index contributed by atoms with van der Waals surface area (Å²) in [5.74, 6) is -0.811. The number of aromatic nitrogens is 4. The summed E-state index contributed by atoms with van der Waals surface area (Å²) in [4.78, 5) is 24.9. The summed E-state index contributed by atoms with van der Waals surface area (Å²) < 4.78 is 5.36. The molecule has 0 bridgehead atoms. The second-order valence-corrected chi connectivity index (χ2v) is 8.92. The lowest BCUT2D eigenvalue weighted by Crippen LogP contribution is -2.19. The smallest absolute Gasteiger partial charge is 0.364 e. The van der Waals surface area contributed by atoms with E-state index in [1.165, 1.54) is 22.4 Å². The Morgan fingerprint density at radius 3 is 2.50 bits per heavy atom. The monoisotopic (exact) mass is 498 g/mol. The van der Waals surface area contributed by atoms with Gasteiger partial charge in [0, 0.05) is 16.8 Å². The van der Waals surface area contributed by atoms with Gasteiger partial charge in [-0.2, -0.15) is 10.2 Å². The van der Waals surface area contributed by atoms with Gasteiger partial charge in [0.2, 0.25) is 0 Å². The minimum absolute atomic E-state index is 0.103. The van der Waals surface area contributed by atoms with E-state index in [0.717, 1.165) is 24.1 Å². The van der Waals surface area contributed by atoms with Gasteiger partial charge >= 0.3 is 11.5 Å². The number of aromatic amines is 2. The average Bonchev–Trinajstić information content (AvgIpc) is 3.38. The minimum Gasteiger partial charge on any atom is -0.416 e. The highest BCUT2D eigenvalue weighted by Gasteiger charge is 2.16. The molecule has 0 unspecified atom stereocenters. The van der Waals surface area contributed by atoms with Gasteiger partial charge in [-0.15, -0.1) is 0 Å². The Morgan fingerprint density at radius 1 is 0.833 bits per heavy atom. The topological polar surface area (TPSA) is 101 Å². The van der Waals surface area contributed by atoms with Crippen molar-refractivity contribution in [1.82, 2.24) is 20.4 Å². The molecule has 2 N–H and O–H groups in total. The number of nitrogens with zero attached hydrogens (tertiary/aromatic N) is 2. The van der Waals surface area contributed by atoms with E-state index < -0.39 is 11.5 Å². The number of carbonyl (C=O) groups is 1. The number of aryl methyl sites for hydroxylation is 4. The summed E-state index contributed by atoms with van der Waals surface area (Å²) in [5.41, 5.74) is 3.25. The van der Waals surface area contributed by atoms with Crippen LogP contribution in [0.1, 0.15) is 33.0 Å². The van der Waals surface area contributed by atoms with Crippen molar-refractivity contribution in [2.75, 3.05) is 0 Å². The number of esters is 1. The maximum atomic E-state index is 12.6. The van der Waals surface area contributed by atoms with Crippen LogP contribution in [0.2, 0.25) is 5.02 Å². The predicted octanol–water partition coefficient (Wildman–Crippen LogP) is 5.09. The van der Waals surface area contributed by atoms with Crippen molar-refractivity contribution >= 4 is 28.3 Å². The molecule has 0 saturated carbocycles. The minimum atomic E-state index is -0.708. The van der Waals surface area contributed by atoms with Crippen molar-refractivity contribution in [3.05, 3.63) is 122 Å². The molecule has 180 valence electrons. The molecule has 0 saturated heterocycles. The maximum Gasteiger partial charge on any atom is 0.364 e. The van der Waals surface area contributed by atoms with E-state index in [-0.39, 0.29) is 11.4 Å². The number of rotatable bonds is 8. The molecule has 0 atom stereocenters. The fourth-order valence-corrected chi connectivity index (χ4v) is 4.21. The van der Waals surface area contributed by atoms with Crippen LogP contribution in [0, 0.1) is 0 Å². The largest absolute Gasteiger partial charge is 0.416 e. The molecular weight excluding hydrogens is 476 g/mol. The highest BCUT2D eigenvalue weighted by molar-refractivity contribution is 6.30. The van der Waals surface area contributed by atoms with Gasteiger partial charge < -0.3 is 4.74 Å². The van der Waals surface area contributed by atoms with Gasteiger partial charge in [0.05, 0.1) is 5.69 Å². The first-order valence-electron chi connectivity index (χ1n) is 11.6. The van der Waals surface area contributed by atoms with Gasteiger partial charge in [-0.3, -0.25) is 9.89 Å². The number of halogens is 1. The van der Waals surface area contributed by atoms with E-state index in [9.17, 15) is 9.59 Å². The van der Waals surface area contributed by atoms with Crippen molar-refractivity contribution in [1.29, 1.82) is 0 Å². The number of fused-ring (bicyclic) bond motifs is 1. The van der Waals surface area contributed by atoms with Crippen molar-refractivity contribution in [3.63, 3.8) is 0 Å². The van der Waals surface area contributed by atoms with Crippen LogP contribution < -0.4 is 10.3 Å². The van der Waals surface area contributed by atoms with Crippen LogP contribution in [0.3, 0.4) is 0 Å². The fraction of sp³-hybridized carbons (Fsp3) is 0.143. The summed E-state index contributed by atoms with van der Waals surface area (Å²) in [6.07, 6.45) is 2.73. The highest BCUT2D eigenvalue weighted by atomic mass is 35.5. The molecule has 3 aromatic carbocycles. The lowest BCUT2D eigenvalue weighted by atomic mass is 10.0. The van der Waals surface area contributed by atoms with Crippen molar-refractivity contribution in [2.24, 2.45) is 0 Å². The first kappa shape index (κ1) is 23.5. The molecule has 5 rings (SSSR count). The van der Waals surface area contributed by atoms with Crippen LogP contribution in [0.5, 0.6) is 5.75 Å². The number of hydrogen-bond acceptors (Lipinski definition) is 5. The van der Waals surface area contributed by atoms with Crippen LogP contribution >= 0.6 is 11.6 Å². The molecule has 2 aromatic heterocycles. The zero-order valence-corrected chi connectivity index (χ0v) is 20.1. The molecule has 5 aromatic rings. The molecular formula is C28H23ClN4O3. The second kappa shape index (κ2) is 10.6. The molecule has 0 amide bonds. The van der Waals surface area contributed by atoms with Crippen molar-refractivity contribution < 1.29 is 9.53 Å². The zero-order valence-electron chi connectivity index (χ0n) is 19.3. The van der Waals surface area contributed by atoms with Crippen LogP contribution in [0.25, 0.3) is 10.8 Å². The molecule has 8 heteroatoms. The Morgan fingerprint density at radius 2 is 1.64 bits per heavy atom. The molecule has 0 aliphatic rings. The first-order valence-corrected chi connectivity index (χ1v) is 12.0. The Hall–Kier alpha value is -4.23. The molecule has 0 fully saturated rings. The highest BCUT2D eigenvalue weighted by Crippen LogP contribution is 2.20. The van der Waals surface area contributed by atoms with Crippen molar-refractivity contribution in [2.45, 2.75) is 25.7 Å². The third kappa shape index (κ3) is 5.53. The molecule has 7 nitrogen and oxygen atoms in total.